The van der Waals surface area contributed by atoms with Gasteiger partial charge in [0.15, 0.2) is 0 Å². The van der Waals surface area contributed by atoms with E-state index in [-0.39, 0.29) is 0 Å². The van der Waals surface area contributed by atoms with Crippen molar-refractivity contribution in [2.45, 2.75) is 32.7 Å². The Labute approximate surface area is 85.0 Å². The Balaban J connectivity index is 2.66. The molecule has 0 saturated heterocycles. The molecule has 0 aromatic carbocycles. The summed E-state index contributed by atoms with van der Waals surface area (Å²) in [5.41, 5.74) is 2.42. The first-order chi connectivity index (χ1) is 6.08. The lowest BCUT2D eigenvalue weighted by atomic mass is 10.3. The number of pyridine rings is 1. The van der Waals surface area contributed by atoms with E-state index in [0.29, 0.717) is 0 Å². The van der Waals surface area contributed by atoms with E-state index in [9.17, 15) is 0 Å². The third-order valence-electron chi connectivity index (χ3n) is 1.64. The molecule has 0 atom stereocenters. The highest BCUT2D eigenvalue weighted by Gasteiger charge is 2.00. The zero-order chi connectivity index (χ0) is 9.84. The SMILES string of the molecule is Cc1cc(C)nc(SCC(C)C)c1. The van der Waals surface area contributed by atoms with Gasteiger partial charge in [-0.15, -0.1) is 11.8 Å². The number of aryl methyl sites for hydroxylation is 2. The highest BCUT2D eigenvalue weighted by Crippen LogP contribution is 2.19. The van der Waals surface area contributed by atoms with Gasteiger partial charge in [0.2, 0.25) is 0 Å². The van der Waals surface area contributed by atoms with Crippen LogP contribution in [0.1, 0.15) is 25.1 Å². The van der Waals surface area contributed by atoms with E-state index in [0.717, 1.165) is 22.4 Å². The maximum atomic E-state index is 4.47. The molecule has 72 valence electrons. The van der Waals surface area contributed by atoms with Crippen molar-refractivity contribution >= 4 is 11.8 Å². The van der Waals surface area contributed by atoms with Gasteiger partial charge in [-0.2, -0.15) is 0 Å². The topological polar surface area (TPSA) is 12.9 Å². The van der Waals surface area contributed by atoms with Gasteiger partial charge in [-0.3, -0.25) is 0 Å². The molecule has 0 aliphatic rings. The quantitative estimate of drug-likeness (QED) is 0.685. The molecule has 13 heavy (non-hydrogen) atoms. The van der Waals surface area contributed by atoms with E-state index in [1.807, 2.05) is 18.7 Å². The molecule has 0 radical (unpaired) electrons. The summed E-state index contributed by atoms with van der Waals surface area (Å²) < 4.78 is 0. The smallest absolute Gasteiger partial charge is 0.0965 e. The van der Waals surface area contributed by atoms with Gasteiger partial charge in [0.25, 0.3) is 0 Å². The largest absolute Gasteiger partial charge is 0.247 e. The van der Waals surface area contributed by atoms with Gasteiger partial charge in [-0.1, -0.05) is 13.8 Å². The maximum absolute atomic E-state index is 4.47. The molecule has 0 fully saturated rings. The summed E-state index contributed by atoms with van der Waals surface area (Å²) in [6.45, 7) is 8.63. The third-order valence-corrected chi connectivity index (χ3v) is 2.98. The summed E-state index contributed by atoms with van der Waals surface area (Å²) >= 11 is 1.85. The van der Waals surface area contributed by atoms with Crippen LogP contribution < -0.4 is 0 Å². The van der Waals surface area contributed by atoms with Crippen LogP contribution in [0.25, 0.3) is 0 Å². The minimum atomic E-state index is 0.729. The summed E-state index contributed by atoms with van der Waals surface area (Å²) in [6, 6.07) is 4.26. The van der Waals surface area contributed by atoms with Gasteiger partial charge < -0.3 is 0 Å². The van der Waals surface area contributed by atoms with E-state index >= 15 is 0 Å². The number of nitrogens with zero attached hydrogens (tertiary/aromatic N) is 1. The lowest BCUT2D eigenvalue weighted by molar-refractivity contribution is 0.749. The Morgan fingerprint density at radius 3 is 2.54 bits per heavy atom. The Hall–Kier alpha value is -0.500. The molecule has 0 aliphatic heterocycles. The Morgan fingerprint density at radius 1 is 1.31 bits per heavy atom. The second kappa shape index (κ2) is 4.66. The van der Waals surface area contributed by atoms with Crippen LogP contribution in [0.15, 0.2) is 17.2 Å². The van der Waals surface area contributed by atoms with Crippen LogP contribution in [0.4, 0.5) is 0 Å². The van der Waals surface area contributed by atoms with E-state index < -0.39 is 0 Å². The average Bonchev–Trinajstić information content (AvgIpc) is 1.99. The molecule has 1 heterocycles. The van der Waals surface area contributed by atoms with Crippen molar-refractivity contribution in [1.82, 2.24) is 4.98 Å². The molecule has 1 nitrogen and oxygen atoms in total. The highest BCUT2D eigenvalue weighted by atomic mass is 32.2. The normalized spacial score (nSPS) is 10.8. The van der Waals surface area contributed by atoms with Crippen LogP contribution >= 0.6 is 11.8 Å². The van der Waals surface area contributed by atoms with Gasteiger partial charge >= 0.3 is 0 Å². The first-order valence-electron chi connectivity index (χ1n) is 4.66. The highest BCUT2D eigenvalue weighted by molar-refractivity contribution is 7.99. The third kappa shape index (κ3) is 3.81. The van der Waals surface area contributed by atoms with E-state index in [2.05, 4.69) is 37.9 Å². The fraction of sp³-hybridized carbons (Fsp3) is 0.545. The summed E-state index contributed by atoms with van der Waals surface area (Å²) in [4.78, 5) is 4.47. The maximum Gasteiger partial charge on any atom is 0.0965 e. The van der Waals surface area contributed by atoms with Crippen LogP contribution in [0.3, 0.4) is 0 Å². The van der Waals surface area contributed by atoms with Crippen LogP contribution in [0.5, 0.6) is 0 Å². The lowest BCUT2D eigenvalue weighted by Gasteiger charge is -2.05. The van der Waals surface area contributed by atoms with E-state index in [1.165, 1.54) is 5.56 Å². The number of thioether (sulfide) groups is 1. The van der Waals surface area contributed by atoms with Crippen molar-refractivity contribution in [3.8, 4) is 0 Å². The molecule has 0 saturated carbocycles. The summed E-state index contributed by atoms with van der Waals surface area (Å²) in [6.07, 6.45) is 0. The molecular weight excluding hydrogens is 178 g/mol. The summed E-state index contributed by atoms with van der Waals surface area (Å²) in [5.74, 6) is 1.88. The minimum absolute atomic E-state index is 0.729. The van der Waals surface area contributed by atoms with Crippen molar-refractivity contribution in [3.05, 3.63) is 23.4 Å². The van der Waals surface area contributed by atoms with Crippen molar-refractivity contribution in [1.29, 1.82) is 0 Å². The van der Waals surface area contributed by atoms with Crippen molar-refractivity contribution in [3.63, 3.8) is 0 Å². The second-order valence-electron chi connectivity index (χ2n) is 3.83. The van der Waals surface area contributed by atoms with E-state index in [1.54, 1.807) is 0 Å². The molecule has 0 amide bonds. The Bertz CT molecular complexity index is 261. The van der Waals surface area contributed by atoms with E-state index in [4.69, 9.17) is 0 Å². The molecule has 0 N–H and O–H groups in total. The number of rotatable bonds is 3. The van der Waals surface area contributed by atoms with Gasteiger partial charge in [-0.25, -0.2) is 4.98 Å². The molecular formula is C11H17NS. The fourth-order valence-electron chi connectivity index (χ4n) is 1.13. The van der Waals surface area contributed by atoms with Gasteiger partial charge in [-0.05, 0) is 37.5 Å². The second-order valence-corrected chi connectivity index (χ2v) is 4.87. The van der Waals surface area contributed by atoms with Crippen LogP contribution in [-0.2, 0) is 0 Å². The monoisotopic (exact) mass is 195 g/mol. The van der Waals surface area contributed by atoms with Crippen molar-refractivity contribution in [2.75, 3.05) is 5.75 Å². The predicted octanol–water partition coefficient (Wildman–Crippen LogP) is 3.45. The molecule has 0 unspecified atom stereocenters. The predicted molar refractivity (Wildman–Crippen MR) is 59.3 cm³/mol. The van der Waals surface area contributed by atoms with Gasteiger partial charge in [0.05, 0.1) is 5.03 Å². The first kappa shape index (κ1) is 10.6. The Morgan fingerprint density at radius 2 is 2.00 bits per heavy atom. The van der Waals surface area contributed by atoms with Gasteiger partial charge in [0.1, 0.15) is 0 Å². The molecule has 0 aliphatic carbocycles. The minimum Gasteiger partial charge on any atom is -0.247 e. The molecule has 0 spiro atoms. The Kier molecular flexibility index (Phi) is 3.79. The van der Waals surface area contributed by atoms with Crippen LogP contribution in [-0.4, -0.2) is 10.7 Å². The summed E-state index contributed by atoms with van der Waals surface area (Å²) in [5, 5.41) is 1.16. The molecule has 1 rings (SSSR count). The molecule has 0 bridgehead atoms. The van der Waals surface area contributed by atoms with Crippen LogP contribution in [0.2, 0.25) is 0 Å². The van der Waals surface area contributed by atoms with Crippen LogP contribution in [0, 0.1) is 19.8 Å². The zero-order valence-electron chi connectivity index (χ0n) is 8.79. The molecule has 1 aromatic heterocycles. The number of hydrogen-bond donors (Lipinski definition) is 0. The summed E-state index contributed by atoms with van der Waals surface area (Å²) in [7, 11) is 0. The number of aromatic nitrogens is 1. The average molecular weight is 195 g/mol. The number of hydrogen-bond acceptors (Lipinski definition) is 2. The van der Waals surface area contributed by atoms with Gasteiger partial charge in [0, 0.05) is 11.4 Å². The molecule has 2 heteroatoms. The van der Waals surface area contributed by atoms with Crippen molar-refractivity contribution < 1.29 is 0 Å². The van der Waals surface area contributed by atoms with Crippen molar-refractivity contribution in [2.24, 2.45) is 5.92 Å². The first-order valence-corrected chi connectivity index (χ1v) is 5.64. The standard InChI is InChI=1S/C11H17NS/c1-8(2)7-13-11-6-9(3)5-10(4)12-11/h5-6,8H,7H2,1-4H3. The fourth-order valence-corrected chi connectivity index (χ4v) is 2.11. The lowest BCUT2D eigenvalue weighted by Crippen LogP contribution is -1.93. The zero-order valence-corrected chi connectivity index (χ0v) is 9.61. The molecule has 1 aromatic rings.